The maximum Gasteiger partial charge on any atom is 0.138 e. The maximum absolute atomic E-state index is 7.91. The zero-order chi connectivity index (χ0) is 11.2. The second-order valence-electron chi connectivity index (χ2n) is 2.87. The molecule has 2 atom stereocenters. The number of nitrogens with one attached hydrogen (secondary N) is 4. The second-order valence-corrected chi connectivity index (χ2v) is 8.46. The molecule has 5 nitrogen and oxygen atoms in total. The van der Waals surface area contributed by atoms with Gasteiger partial charge in [0.2, 0.25) is 0 Å². The number of hydrogen-bond acceptors (Lipinski definition) is 2. The van der Waals surface area contributed by atoms with Gasteiger partial charge >= 0.3 is 0 Å². The van der Waals surface area contributed by atoms with Crippen LogP contribution in [0.5, 0.6) is 0 Å². The van der Waals surface area contributed by atoms with Crippen molar-refractivity contribution in [1.82, 2.24) is 9.95 Å². The minimum Gasteiger partial charge on any atom is -0.290 e. The van der Waals surface area contributed by atoms with E-state index in [0.29, 0.717) is 12.7 Å². The van der Waals surface area contributed by atoms with Crippen LogP contribution in [0.15, 0.2) is 4.76 Å². The summed E-state index contributed by atoms with van der Waals surface area (Å²) in [4.78, 5) is 2.92. The molecule has 0 heterocycles. The van der Waals surface area contributed by atoms with Crippen molar-refractivity contribution in [2.24, 2.45) is 4.76 Å². The summed E-state index contributed by atoms with van der Waals surface area (Å²) in [6.45, 7) is 7.30. The molecule has 0 aromatic carbocycles. The Morgan fingerprint density at radius 3 is 2.50 bits per heavy atom. The van der Waals surface area contributed by atoms with E-state index in [4.69, 9.17) is 16.7 Å². The predicted molar refractivity (Wildman–Crippen MR) is 65.3 cm³/mol. The standard InChI is InChI=1S/C7H17N5P2/c1-5-7-11-13(4,8)12-14(9,6-2)10-3/h1H,3,6-7H2,2,4H3,(H4,8,9,11,12). The Kier molecular flexibility index (Phi) is 5.33. The molecule has 0 aliphatic rings. The molecule has 80 valence electrons. The van der Waals surface area contributed by atoms with Gasteiger partial charge in [-0.2, -0.15) is 0 Å². The first kappa shape index (κ1) is 13.6. The Morgan fingerprint density at radius 1 is 1.57 bits per heavy atom. The summed E-state index contributed by atoms with van der Waals surface area (Å²) in [6.07, 6.45) is 5.66. The number of terminal acetylenes is 1. The van der Waals surface area contributed by atoms with Gasteiger partial charge in [0.15, 0.2) is 0 Å². The normalized spacial score (nSPS) is 18.9. The van der Waals surface area contributed by atoms with E-state index in [-0.39, 0.29) is 0 Å². The molecule has 0 bridgehead atoms. The van der Waals surface area contributed by atoms with Gasteiger partial charge in [-0.25, -0.2) is 9.62 Å². The van der Waals surface area contributed by atoms with Crippen LogP contribution in [0.1, 0.15) is 6.92 Å². The molecule has 14 heavy (non-hydrogen) atoms. The summed E-state index contributed by atoms with van der Waals surface area (Å²) in [5.41, 5.74) is 0. The fraction of sp³-hybridized carbons (Fsp3) is 0.571. The first-order valence-corrected chi connectivity index (χ1v) is 8.26. The number of nitrogens with zero attached hydrogens (tertiary/aromatic N) is 1. The average Bonchev–Trinajstić information content (AvgIpc) is 2.14. The molecule has 0 radical (unpaired) electrons. The van der Waals surface area contributed by atoms with E-state index in [9.17, 15) is 0 Å². The Bertz CT molecular complexity index is 329. The lowest BCUT2D eigenvalue weighted by Gasteiger charge is -2.25. The third-order valence-electron chi connectivity index (χ3n) is 1.56. The van der Waals surface area contributed by atoms with Crippen LogP contribution in [0.4, 0.5) is 0 Å². The van der Waals surface area contributed by atoms with Gasteiger partial charge < -0.3 is 0 Å². The lowest BCUT2D eigenvalue weighted by molar-refractivity contribution is 1.09. The summed E-state index contributed by atoms with van der Waals surface area (Å²) in [6, 6.07) is 0. The average molecular weight is 233 g/mol. The van der Waals surface area contributed by atoms with Gasteiger partial charge in [0.25, 0.3) is 0 Å². The first-order valence-electron chi connectivity index (χ1n) is 4.10. The molecule has 0 rings (SSSR count). The monoisotopic (exact) mass is 233 g/mol. The van der Waals surface area contributed by atoms with E-state index < -0.39 is 14.7 Å². The van der Waals surface area contributed by atoms with E-state index in [0.717, 1.165) is 0 Å². The van der Waals surface area contributed by atoms with Crippen molar-refractivity contribution in [3.05, 3.63) is 0 Å². The van der Waals surface area contributed by atoms with Gasteiger partial charge in [-0.05, 0) is 13.4 Å². The van der Waals surface area contributed by atoms with E-state index in [1.807, 2.05) is 6.92 Å². The lowest BCUT2D eigenvalue weighted by atomic mass is 10.7. The molecule has 0 amide bonds. The highest BCUT2D eigenvalue weighted by Crippen LogP contribution is 2.52. The van der Waals surface area contributed by atoms with Crippen LogP contribution in [-0.2, 0) is 0 Å². The Hall–Kier alpha value is -0.390. The minimum atomic E-state index is -2.35. The van der Waals surface area contributed by atoms with Crippen LogP contribution in [0.25, 0.3) is 0 Å². The van der Waals surface area contributed by atoms with E-state index >= 15 is 0 Å². The summed E-state index contributed by atoms with van der Waals surface area (Å²) >= 11 is 0. The van der Waals surface area contributed by atoms with Crippen LogP contribution >= 0.6 is 14.7 Å². The molecular formula is C7H17N5P2. The predicted octanol–water partition coefficient (Wildman–Crippen LogP) is 2.37. The van der Waals surface area contributed by atoms with Gasteiger partial charge in [-0.1, -0.05) is 12.8 Å². The molecule has 0 spiro atoms. The van der Waals surface area contributed by atoms with Gasteiger partial charge in [0, 0.05) is 6.16 Å². The maximum atomic E-state index is 7.91. The molecule has 2 unspecified atom stereocenters. The van der Waals surface area contributed by atoms with Crippen LogP contribution < -0.4 is 9.95 Å². The smallest absolute Gasteiger partial charge is 0.138 e. The number of rotatable bonds is 6. The summed E-state index contributed by atoms with van der Waals surface area (Å²) in [5, 5.41) is 18.7. The van der Waals surface area contributed by atoms with E-state index in [1.54, 1.807) is 6.66 Å². The summed E-state index contributed by atoms with van der Waals surface area (Å²) in [7, 11) is -4.63. The topological polar surface area (TPSA) is 84.1 Å². The molecule has 0 saturated heterocycles. The zero-order valence-electron chi connectivity index (χ0n) is 8.54. The molecule has 4 N–H and O–H groups in total. The fourth-order valence-corrected chi connectivity index (χ4v) is 5.13. The first-order chi connectivity index (χ1) is 6.39. The fourth-order valence-electron chi connectivity index (χ4n) is 0.772. The van der Waals surface area contributed by atoms with Crippen LogP contribution in [0.2, 0.25) is 0 Å². The van der Waals surface area contributed by atoms with E-state index in [2.05, 4.69) is 27.3 Å². The molecule has 0 saturated carbocycles. The second kappa shape index (κ2) is 5.48. The minimum absolute atomic E-state index is 0.335. The van der Waals surface area contributed by atoms with Crippen molar-refractivity contribution in [3.63, 3.8) is 0 Å². The third-order valence-corrected chi connectivity index (χ3v) is 6.67. The largest absolute Gasteiger partial charge is 0.290 e. The molecular weight excluding hydrogens is 216 g/mol. The van der Waals surface area contributed by atoms with Gasteiger partial charge in [0.05, 0.1) is 13.9 Å². The summed E-state index contributed by atoms with van der Waals surface area (Å²) < 4.78 is 3.76. The molecule has 0 aromatic heterocycles. The molecule has 0 aliphatic carbocycles. The molecule has 0 fully saturated rings. The quantitative estimate of drug-likeness (QED) is 0.322. The molecule has 7 heteroatoms. The van der Waals surface area contributed by atoms with Gasteiger partial charge in [-0.3, -0.25) is 15.4 Å². The third kappa shape index (κ3) is 4.74. The van der Waals surface area contributed by atoms with Crippen molar-refractivity contribution in [2.45, 2.75) is 6.92 Å². The molecule has 0 aromatic rings. The zero-order valence-corrected chi connectivity index (χ0v) is 10.3. The highest BCUT2D eigenvalue weighted by molar-refractivity contribution is 7.76. The SMILES string of the molecule is C#CCNP(C)(=N)NP(=N)(CC)N=C. The van der Waals surface area contributed by atoms with Crippen molar-refractivity contribution < 1.29 is 0 Å². The van der Waals surface area contributed by atoms with Crippen LogP contribution in [0.3, 0.4) is 0 Å². The lowest BCUT2D eigenvalue weighted by Crippen LogP contribution is -2.19. The van der Waals surface area contributed by atoms with Gasteiger partial charge in [-0.15, -0.1) is 6.42 Å². The van der Waals surface area contributed by atoms with E-state index in [1.165, 1.54) is 0 Å². The van der Waals surface area contributed by atoms with Crippen LogP contribution in [0, 0.1) is 22.7 Å². The Balaban J connectivity index is 4.50. The highest BCUT2D eigenvalue weighted by Gasteiger charge is 2.18. The highest BCUT2D eigenvalue weighted by atomic mass is 31.2. The Morgan fingerprint density at radius 2 is 2.14 bits per heavy atom. The Labute approximate surface area is 85.7 Å². The van der Waals surface area contributed by atoms with Crippen LogP contribution in [-0.4, -0.2) is 26.1 Å². The molecule has 0 aliphatic heterocycles. The van der Waals surface area contributed by atoms with Gasteiger partial charge in [0.1, 0.15) is 7.36 Å². The van der Waals surface area contributed by atoms with Crippen molar-refractivity contribution in [3.8, 4) is 12.3 Å². The van der Waals surface area contributed by atoms with Crippen molar-refractivity contribution in [2.75, 3.05) is 19.4 Å². The van der Waals surface area contributed by atoms with Crippen molar-refractivity contribution in [1.29, 1.82) is 10.3 Å². The van der Waals surface area contributed by atoms with Crippen molar-refractivity contribution >= 4 is 21.4 Å². The number of hydrogen-bond donors (Lipinski definition) is 4. The summed E-state index contributed by atoms with van der Waals surface area (Å²) in [5.74, 6) is 2.41.